The van der Waals surface area contributed by atoms with Gasteiger partial charge in [0.25, 0.3) is 0 Å². The van der Waals surface area contributed by atoms with Crippen molar-refractivity contribution in [3.8, 4) is 0 Å². The number of amides is 1. The summed E-state index contributed by atoms with van der Waals surface area (Å²) in [5.74, 6) is 0.221. The third kappa shape index (κ3) is 9.94. The highest BCUT2D eigenvalue weighted by atomic mass is 19.4. The lowest BCUT2D eigenvalue weighted by atomic mass is 9.88. The molecule has 45 heavy (non-hydrogen) atoms. The Balaban J connectivity index is 1.33. The second-order valence-corrected chi connectivity index (χ2v) is 13.1. The molecule has 2 fully saturated rings. The van der Waals surface area contributed by atoms with Crippen LogP contribution in [0, 0.1) is 11.8 Å². The smallest absolute Gasteiger partial charge is 0.416 e. The number of carbonyl (C=O) groups is 2. The Morgan fingerprint density at radius 1 is 1.04 bits per heavy atom. The van der Waals surface area contributed by atoms with Gasteiger partial charge in [-0.15, -0.1) is 0 Å². The van der Waals surface area contributed by atoms with Gasteiger partial charge in [0.2, 0.25) is 0 Å². The van der Waals surface area contributed by atoms with E-state index in [0.717, 1.165) is 63.9 Å². The Morgan fingerprint density at radius 2 is 1.71 bits per heavy atom. The fourth-order valence-electron chi connectivity index (χ4n) is 6.99. The zero-order valence-corrected chi connectivity index (χ0v) is 26.6. The number of halogens is 3. The minimum Gasteiger partial charge on any atom is -0.480 e. The van der Waals surface area contributed by atoms with Gasteiger partial charge < -0.3 is 25.0 Å². The molecule has 248 valence electrons. The summed E-state index contributed by atoms with van der Waals surface area (Å²) < 4.78 is 44.2. The number of piperidine rings is 1. The quantitative estimate of drug-likeness (QED) is 0.244. The molecular weight excluding hydrogens is 583 g/mol. The highest BCUT2D eigenvalue weighted by molar-refractivity contribution is 5.73. The first-order valence-corrected chi connectivity index (χ1v) is 16.3. The lowest BCUT2D eigenvalue weighted by Gasteiger charge is -2.39. The molecule has 0 bridgehead atoms. The normalized spacial score (nSPS) is 22.0. The number of carboxylic acids is 1. The van der Waals surface area contributed by atoms with E-state index in [4.69, 9.17) is 4.74 Å². The molecule has 10 heteroatoms. The number of rotatable bonds is 13. The fraction of sp³-hybridized carbons (Fsp3) is 0.600. The predicted octanol–water partition coefficient (Wildman–Crippen LogP) is 7.17. The lowest BCUT2D eigenvalue weighted by molar-refractivity contribution is -0.140. The van der Waals surface area contributed by atoms with Gasteiger partial charge in [-0.1, -0.05) is 63.2 Å². The molecule has 2 aromatic carbocycles. The number of alkyl halides is 3. The van der Waals surface area contributed by atoms with Gasteiger partial charge in [0.15, 0.2) is 0 Å². The van der Waals surface area contributed by atoms with Crippen molar-refractivity contribution in [2.45, 2.75) is 96.1 Å². The van der Waals surface area contributed by atoms with Crippen LogP contribution < -0.4 is 5.32 Å². The number of ether oxygens (including phenoxy) is 1. The van der Waals surface area contributed by atoms with E-state index >= 15 is 0 Å². The van der Waals surface area contributed by atoms with E-state index in [1.165, 1.54) is 17.7 Å². The summed E-state index contributed by atoms with van der Waals surface area (Å²) >= 11 is 0. The number of carbonyl (C=O) groups excluding carboxylic acids is 1. The summed E-state index contributed by atoms with van der Waals surface area (Å²) in [7, 11) is 0. The molecule has 4 atom stereocenters. The van der Waals surface area contributed by atoms with Gasteiger partial charge in [-0.3, -0.25) is 4.79 Å². The molecule has 2 N–H and O–H groups in total. The molecule has 0 aromatic heterocycles. The number of aliphatic carboxylic acids is 1. The highest BCUT2D eigenvalue weighted by Gasteiger charge is 2.39. The summed E-state index contributed by atoms with van der Waals surface area (Å²) in [5.41, 5.74) is 1.08. The van der Waals surface area contributed by atoms with Crippen molar-refractivity contribution in [2.75, 3.05) is 26.2 Å². The van der Waals surface area contributed by atoms with Gasteiger partial charge in [0.05, 0.1) is 5.56 Å². The van der Waals surface area contributed by atoms with E-state index in [0.29, 0.717) is 30.4 Å². The van der Waals surface area contributed by atoms with Crippen molar-refractivity contribution >= 4 is 12.1 Å². The van der Waals surface area contributed by atoms with Crippen molar-refractivity contribution in [3.05, 3.63) is 71.3 Å². The lowest BCUT2D eigenvalue weighted by Crippen LogP contribution is -2.48. The molecule has 1 saturated carbocycles. The van der Waals surface area contributed by atoms with Crippen LogP contribution in [0.25, 0.3) is 0 Å². The van der Waals surface area contributed by atoms with Crippen LogP contribution in [0.15, 0.2) is 54.6 Å². The second-order valence-electron chi connectivity index (χ2n) is 13.1. The van der Waals surface area contributed by atoms with E-state index in [1.807, 2.05) is 26.8 Å². The van der Waals surface area contributed by atoms with Crippen LogP contribution in [-0.4, -0.2) is 71.3 Å². The van der Waals surface area contributed by atoms with Gasteiger partial charge in [-0.05, 0) is 79.5 Å². The van der Waals surface area contributed by atoms with Gasteiger partial charge in [-0.2, -0.15) is 13.2 Å². The number of nitrogens with zero attached hydrogens (tertiary/aromatic N) is 2. The SMILES string of the molecule is CCCN(C(=O)OCc1ccc(C(F)(F)F)cc1)C1CCN(C[C@H]2CC(NC(CC(C)C)C(=O)O)C[C@@H]2c2ccccc2)CC1. The molecule has 1 aliphatic carbocycles. The Hall–Kier alpha value is -3.11. The van der Waals surface area contributed by atoms with Crippen LogP contribution in [0.1, 0.15) is 81.9 Å². The predicted molar refractivity (Wildman–Crippen MR) is 168 cm³/mol. The zero-order chi connectivity index (χ0) is 32.6. The van der Waals surface area contributed by atoms with Crippen molar-refractivity contribution in [1.82, 2.24) is 15.1 Å². The van der Waals surface area contributed by atoms with E-state index in [2.05, 4.69) is 34.5 Å². The monoisotopic (exact) mass is 631 g/mol. The van der Waals surface area contributed by atoms with E-state index in [9.17, 15) is 27.9 Å². The van der Waals surface area contributed by atoms with Gasteiger partial charge in [0.1, 0.15) is 12.6 Å². The van der Waals surface area contributed by atoms with Crippen LogP contribution in [0.4, 0.5) is 18.0 Å². The van der Waals surface area contributed by atoms with Crippen LogP contribution in [0.2, 0.25) is 0 Å². The summed E-state index contributed by atoms with van der Waals surface area (Å²) in [5, 5.41) is 13.3. The third-order valence-electron chi connectivity index (χ3n) is 9.20. The summed E-state index contributed by atoms with van der Waals surface area (Å²) in [6, 6.07) is 14.8. The minimum atomic E-state index is -4.41. The number of hydrogen-bond acceptors (Lipinski definition) is 5. The molecule has 2 unspecified atom stereocenters. The van der Waals surface area contributed by atoms with Crippen LogP contribution in [0.5, 0.6) is 0 Å². The molecule has 1 amide bonds. The average Bonchev–Trinajstić information content (AvgIpc) is 3.40. The number of hydrogen-bond donors (Lipinski definition) is 2. The van der Waals surface area contributed by atoms with Crippen LogP contribution in [-0.2, 0) is 22.3 Å². The topological polar surface area (TPSA) is 82.1 Å². The number of likely N-dealkylation sites (tertiary alicyclic amines) is 1. The highest BCUT2D eigenvalue weighted by Crippen LogP contribution is 2.41. The van der Waals surface area contributed by atoms with Gasteiger partial charge in [-0.25, -0.2) is 4.79 Å². The van der Waals surface area contributed by atoms with Crippen molar-refractivity contribution in [2.24, 2.45) is 11.8 Å². The molecule has 4 rings (SSSR count). The Bertz CT molecular complexity index is 1220. The van der Waals surface area contributed by atoms with Gasteiger partial charge in [0, 0.05) is 38.3 Å². The first-order chi connectivity index (χ1) is 21.4. The molecular formula is C35H48F3N3O4. The Kier molecular flexibility index (Phi) is 12.3. The molecule has 2 aliphatic rings. The molecule has 0 radical (unpaired) electrons. The largest absolute Gasteiger partial charge is 0.480 e. The fourth-order valence-corrected chi connectivity index (χ4v) is 6.99. The first kappa shape index (κ1) is 34.8. The molecule has 2 aromatic rings. The maximum atomic E-state index is 13.1. The Morgan fingerprint density at radius 3 is 2.29 bits per heavy atom. The van der Waals surface area contributed by atoms with E-state index in [1.54, 1.807) is 4.90 Å². The molecule has 0 spiro atoms. The van der Waals surface area contributed by atoms with Gasteiger partial charge >= 0.3 is 18.2 Å². The summed E-state index contributed by atoms with van der Waals surface area (Å²) in [6.45, 7) is 9.19. The van der Waals surface area contributed by atoms with Crippen molar-refractivity contribution in [1.29, 1.82) is 0 Å². The molecule has 1 aliphatic heterocycles. The van der Waals surface area contributed by atoms with E-state index < -0.39 is 29.8 Å². The first-order valence-electron chi connectivity index (χ1n) is 16.3. The second kappa shape index (κ2) is 15.9. The molecule has 7 nitrogen and oxygen atoms in total. The zero-order valence-electron chi connectivity index (χ0n) is 26.6. The maximum absolute atomic E-state index is 13.1. The number of benzene rings is 2. The third-order valence-corrected chi connectivity index (χ3v) is 9.20. The van der Waals surface area contributed by atoms with Crippen molar-refractivity contribution < 1.29 is 32.6 Å². The summed E-state index contributed by atoms with van der Waals surface area (Å²) in [6.07, 6.45) is -0.0115. The molecule has 1 heterocycles. The average molecular weight is 632 g/mol. The Labute approximate surface area is 265 Å². The number of nitrogens with one attached hydrogen (secondary N) is 1. The minimum absolute atomic E-state index is 0.0385. The number of carboxylic acid groups (broad SMARTS) is 1. The van der Waals surface area contributed by atoms with Crippen LogP contribution in [0.3, 0.4) is 0 Å². The summed E-state index contributed by atoms with van der Waals surface area (Å²) in [4.78, 5) is 29.3. The maximum Gasteiger partial charge on any atom is 0.416 e. The standard InChI is InChI=1S/C35H48F3N3O4/c1-4-16-41(34(44)45-23-25-10-12-28(13-11-25)35(36,37)38)30-14-17-40(18-15-30)22-27-20-29(39-32(33(42)43)19-24(2)3)21-31(27)26-8-6-5-7-9-26/h5-13,24,27,29-32,39H,4,14-23H2,1-3H3,(H,42,43)/t27-,29?,31-,32?/m1/s1. The van der Waals surface area contributed by atoms with Crippen LogP contribution >= 0.6 is 0 Å². The van der Waals surface area contributed by atoms with Crippen molar-refractivity contribution in [3.63, 3.8) is 0 Å². The van der Waals surface area contributed by atoms with E-state index in [-0.39, 0.29) is 24.6 Å². The molecule has 1 saturated heterocycles.